The number of carbonyl (C=O) groups is 1. The maximum atomic E-state index is 14.7. The number of hydrogen-bond donors (Lipinski definition) is 1. The molecule has 1 heterocycles. The third-order valence-electron chi connectivity index (χ3n) is 6.94. The summed E-state index contributed by atoms with van der Waals surface area (Å²) >= 11 is 0. The van der Waals surface area contributed by atoms with E-state index >= 15 is 0 Å². The lowest BCUT2D eigenvalue weighted by molar-refractivity contribution is -0.274. The average molecular weight is 593 g/mol. The van der Waals surface area contributed by atoms with Crippen LogP contribution >= 0.6 is 0 Å². The van der Waals surface area contributed by atoms with E-state index in [2.05, 4.69) is 9.64 Å². The molecule has 1 aliphatic heterocycles. The van der Waals surface area contributed by atoms with Gasteiger partial charge in [0.15, 0.2) is 0 Å². The van der Waals surface area contributed by atoms with Crippen LogP contribution in [0.15, 0.2) is 60.7 Å². The molecule has 7 nitrogen and oxygen atoms in total. The highest BCUT2D eigenvalue weighted by molar-refractivity contribution is 7.89. The molecule has 3 aromatic carbocycles. The molecule has 0 spiro atoms. The molecule has 0 bridgehead atoms. The van der Waals surface area contributed by atoms with Crippen LogP contribution in [0.5, 0.6) is 11.5 Å². The van der Waals surface area contributed by atoms with Crippen molar-refractivity contribution in [3.8, 4) is 22.6 Å². The number of nitrogens with one attached hydrogen (secondary N) is 1. The Labute approximate surface area is 235 Å². The van der Waals surface area contributed by atoms with Gasteiger partial charge in [0, 0.05) is 31.6 Å². The maximum absolute atomic E-state index is 14.7. The van der Waals surface area contributed by atoms with Gasteiger partial charge in [-0.15, -0.1) is 13.2 Å². The first kappa shape index (κ1) is 28.9. The van der Waals surface area contributed by atoms with E-state index in [1.165, 1.54) is 18.2 Å². The molecule has 2 aliphatic rings. The summed E-state index contributed by atoms with van der Waals surface area (Å²) in [6, 6.07) is 16.0. The first-order valence-electron chi connectivity index (χ1n) is 13.0. The van der Waals surface area contributed by atoms with Crippen molar-refractivity contribution in [3.05, 3.63) is 83.2 Å². The van der Waals surface area contributed by atoms with Gasteiger partial charge in [-0.1, -0.05) is 36.4 Å². The van der Waals surface area contributed by atoms with Crippen molar-refractivity contribution in [1.82, 2.24) is 9.62 Å². The molecule has 0 atom stereocenters. The van der Waals surface area contributed by atoms with Gasteiger partial charge in [0.2, 0.25) is 10.0 Å². The van der Waals surface area contributed by atoms with Crippen LogP contribution < -0.4 is 14.2 Å². The normalized spacial score (nSPS) is 16.2. The Kier molecular flexibility index (Phi) is 7.97. The van der Waals surface area contributed by atoms with Crippen LogP contribution in [-0.2, 0) is 16.6 Å². The standard InChI is InChI=1S/C29H28F4N2O5S/c1-41(37,38)34-28(36)25-12-24(20-7-8-20)27(13-26(25)30)39-17-18-14-35(15-18)16-21-9-10-22(40-29(31,32)33)11-23(21)19-5-3-2-4-6-19/h2-6,9-13,18,20H,7-8,14-17H2,1H3,(H,34,36). The summed E-state index contributed by atoms with van der Waals surface area (Å²) in [6.45, 7) is 2.17. The zero-order valence-corrected chi connectivity index (χ0v) is 22.9. The highest BCUT2D eigenvalue weighted by Crippen LogP contribution is 2.45. The molecule has 12 heteroatoms. The lowest BCUT2D eigenvalue weighted by atomic mass is 9.95. The Balaban J connectivity index is 1.23. The van der Waals surface area contributed by atoms with Crippen molar-refractivity contribution < 1.29 is 40.2 Å². The summed E-state index contributed by atoms with van der Waals surface area (Å²) in [7, 11) is -3.84. The minimum absolute atomic E-state index is 0.119. The molecule has 3 aromatic rings. The van der Waals surface area contributed by atoms with Crippen LogP contribution in [0.25, 0.3) is 11.1 Å². The Hall–Kier alpha value is -3.64. The Morgan fingerprint density at radius 2 is 1.76 bits per heavy atom. The number of halogens is 4. The summed E-state index contributed by atoms with van der Waals surface area (Å²) in [5.74, 6) is -1.58. The van der Waals surface area contributed by atoms with E-state index in [9.17, 15) is 30.8 Å². The van der Waals surface area contributed by atoms with E-state index in [1.54, 1.807) is 10.8 Å². The average Bonchev–Trinajstić information content (AvgIpc) is 3.70. The highest BCUT2D eigenvalue weighted by atomic mass is 32.2. The molecule has 0 radical (unpaired) electrons. The molecule has 1 saturated heterocycles. The molecule has 1 aliphatic carbocycles. The van der Waals surface area contributed by atoms with Gasteiger partial charge in [0.1, 0.15) is 17.3 Å². The van der Waals surface area contributed by atoms with Gasteiger partial charge in [-0.3, -0.25) is 9.69 Å². The van der Waals surface area contributed by atoms with E-state index < -0.39 is 28.1 Å². The number of alkyl halides is 3. The third-order valence-corrected chi connectivity index (χ3v) is 7.50. The number of nitrogens with zero attached hydrogens (tertiary/aromatic N) is 1. The zero-order chi connectivity index (χ0) is 29.4. The predicted molar refractivity (Wildman–Crippen MR) is 144 cm³/mol. The molecular formula is C29H28F4N2O5S. The van der Waals surface area contributed by atoms with Crippen molar-refractivity contribution in [2.24, 2.45) is 5.92 Å². The first-order valence-corrected chi connectivity index (χ1v) is 14.9. The largest absolute Gasteiger partial charge is 0.573 e. The quantitative estimate of drug-likeness (QED) is 0.315. The number of likely N-dealkylation sites (tertiary alicyclic amines) is 1. The van der Waals surface area contributed by atoms with Gasteiger partial charge in [0.25, 0.3) is 5.91 Å². The summed E-state index contributed by atoms with van der Waals surface area (Å²) in [5, 5.41) is 0. The first-order chi connectivity index (χ1) is 19.3. The molecule has 218 valence electrons. The topological polar surface area (TPSA) is 84.9 Å². The summed E-state index contributed by atoms with van der Waals surface area (Å²) in [6.07, 6.45) is -2.24. The minimum Gasteiger partial charge on any atom is -0.493 e. The van der Waals surface area contributed by atoms with E-state index in [0.29, 0.717) is 43.1 Å². The van der Waals surface area contributed by atoms with E-state index in [0.717, 1.165) is 36.3 Å². The van der Waals surface area contributed by atoms with Crippen LogP contribution in [0.1, 0.15) is 40.2 Å². The van der Waals surface area contributed by atoms with Gasteiger partial charge >= 0.3 is 6.36 Å². The number of carbonyl (C=O) groups excluding carboxylic acids is 1. The van der Waals surface area contributed by atoms with Crippen LogP contribution in [0.2, 0.25) is 0 Å². The SMILES string of the molecule is CS(=O)(=O)NC(=O)c1cc(C2CC2)c(OCC2CN(Cc3ccc(OC(F)(F)F)cc3-c3ccccc3)C2)cc1F. The summed E-state index contributed by atoms with van der Waals surface area (Å²) < 4.78 is 87.8. The van der Waals surface area contributed by atoms with Crippen molar-refractivity contribution in [2.75, 3.05) is 26.0 Å². The van der Waals surface area contributed by atoms with Gasteiger partial charge in [-0.05, 0) is 59.2 Å². The zero-order valence-electron chi connectivity index (χ0n) is 22.1. The molecule has 1 saturated carbocycles. The molecule has 0 aromatic heterocycles. The molecule has 5 rings (SSSR count). The summed E-state index contributed by atoms with van der Waals surface area (Å²) in [5.41, 5.74) is 2.61. The number of amides is 1. The second-order valence-corrected chi connectivity index (χ2v) is 12.2. The van der Waals surface area contributed by atoms with Gasteiger partial charge in [-0.2, -0.15) is 0 Å². The van der Waals surface area contributed by atoms with Crippen molar-refractivity contribution in [1.29, 1.82) is 0 Å². The molecule has 2 fully saturated rings. The third kappa shape index (κ3) is 7.56. The van der Waals surface area contributed by atoms with Crippen LogP contribution in [0.4, 0.5) is 17.6 Å². The van der Waals surface area contributed by atoms with Crippen molar-refractivity contribution in [3.63, 3.8) is 0 Å². The molecule has 1 amide bonds. The molecule has 0 unspecified atom stereocenters. The van der Waals surface area contributed by atoms with Gasteiger partial charge in [-0.25, -0.2) is 17.5 Å². The lowest BCUT2D eigenvalue weighted by Crippen LogP contribution is -2.48. The number of hydrogen-bond acceptors (Lipinski definition) is 6. The number of ether oxygens (including phenoxy) is 2. The molecular weight excluding hydrogens is 564 g/mol. The predicted octanol–water partition coefficient (Wildman–Crippen LogP) is 5.47. The monoisotopic (exact) mass is 592 g/mol. The van der Waals surface area contributed by atoms with Crippen molar-refractivity contribution in [2.45, 2.75) is 31.7 Å². The number of benzene rings is 3. The number of rotatable bonds is 10. The van der Waals surface area contributed by atoms with Crippen LogP contribution in [0, 0.1) is 11.7 Å². The Bertz CT molecular complexity index is 1540. The minimum atomic E-state index is -4.79. The molecule has 1 N–H and O–H groups in total. The second-order valence-electron chi connectivity index (χ2n) is 10.5. The fraction of sp³-hybridized carbons (Fsp3) is 0.345. The van der Waals surface area contributed by atoms with E-state index in [4.69, 9.17) is 4.74 Å². The Morgan fingerprint density at radius 1 is 1.05 bits per heavy atom. The van der Waals surface area contributed by atoms with Gasteiger partial charge < -0.3 is 9.47 Å². The van der Waals surface area contributed by atoms with Gasteiger partial charge in [0.05, 0.1) is 18.4 Å². The highest BCUT2D eigenvalue weighted by Gasteiger charge is 2.33. The second kappa shape index (κ2) is 11.3. The van der Waals surface area contributed by atoms with Crippen LogP contribution in [0.3, 0.4) is 0 Å². The van der Waals surface area contributed by atoms with E-state index in [1.807, 2.05) is 30.3 Å². The van der Waals surface area contributed by atoms with Crippen molar-refractivity contribution >= 4 is 15.9 Å². The van der Waals surface area contributed by atoms with E-state index in [-0.39, 0.29) is 23.1 Å². The lowest BCUT2D eigenvalue weighted by Gasteiger charge is -2.39. The fourth-order valence-corrected chi connectivity index (χ4v) is 5.39. The fourth-order valence-electron chi connectivity index (χ4n) is 4.94. The Morgan fingerprint density at radius 3 is 2.39 bits per heavy atom. The number of sulfonamides is 1. The maximum Gasteiger partial charge on any atom is 0.573 e. The smallest absolute Gasteiger partial charge is 0.493 e. The van der Waals surface area contributed by atoms with Crippen LogP contribution in [-0.4, -0.2) is 51.5 Å². The molecule has 41 heavy (non-hydrogen) atoms. The summed E-state index contributed by atoms with van der Waals surface area (Å²) in [4.78, 5) is 14.4.